The molecule has 0 radical (unpaired) electrons. The van der Waals surface area contributed by atoms with Crippen LogP contribution in [0.4, 0.5) is 0 Å². The van der Waals surface area contributed by atoms with E-state index in [9.17, 15) is 19.2 Å². The number of imide groups is 1. The number of ether oxygens (including phenoxy) is 3. The fourth-order valence-electron chi connectivity index (χ4n) is 5.40. The minimum atomic E-state index is -0.764. The molecule has 3 heterocycles. The third-order valence-electron chi connectivity index (χ3n) is 7.10. The van der Waals surface area contributed by atoms with Crippen LogP contribution in [0.2, 0.25) is 0 Å². The molecule has 2 amide bonds. The van der Waals surface area contributed by atoms with E-state index in [1.807, 2.05) is 36.6 Å². The number of esters is 1. The van der Waals surface area contributed by atoms with Gasteiger partial charge in [-0.05, 0) is 44.9 Å². The van der Waals surface area contributed by atoms with Crippen molar-refractivity contribution < 1.29 is 33.4 Å². The van der Waals surface area contributed by atoms with Crippen molar-refractivity contribution in [3.05, 3.63) is 41.2 Å². The Balaban J connectivity index is 1.24. The molecule has 2 aliphatic heterocycles. The van der Waals surface area contributed by atoms with Gasteiger partial charge in [-0.2, -0.15) is 0 Å². The zero-order valence-electron chi connectivity index (χ0n) is 19.9. The molecular weight excluding hydrogens is 452 g/mol. The maximum Gasteiger partial charge on any atom is 0.326 e. The summed E-state index contributed by atoms with van der Waals surface area (Å²) in [4.78, 5) is 51.4. The summed E-state index contributed by atoms with van der Waals surface area (Å²) < 4.78 is 18.4. The van der Waals surface area contributed by atoms with Crippen LogP contribution >= 0.6 is 0 Å². The van der Waals surface area contributed by atoms with Crippen molar-refractivity contribution in [1.29, 1.82) is 0 Å². The number of hydrogen-bond donors (Lipinski definition) is 0. The highest BCUT2D eigenvalue weighted by atomic mass is 16.6. The Kier molecular flexibility index (Phi) is 6.08. The molecule has 184 valence electrons. The standard InChI is InChI=1S/C26H28N2O7/c1-15-11-20(16(2)28(15)17-7-8-22-23(12-17)34-10-9-33-22)21(29)14-35-24(30)13-27-25(31)18-5-3-4-6-19(18)26(27)32/h7-8,11-12,18-19H,3-6,9-10,13-14H2,1-2H3/t18-,19-/m1/s1. The van der Waals surface area contributed by atoms with E-state index in [1.54, 1.807) is 6.07 Å². The lowest BCUT2D eigenvalue weighted by Crippen LogP contribution is -2.37. The third-order valence-corrected chi connectivity index (χ3v) is 7.10. The van der Waals surface area contributed by atoms with Crippen LogP contribution in [0.25, 0.3) is 5.69 Å². The zero-order valence-corrected chi connectivity index (χ0v) is 19.9. The molecule has 9 nitrogen and oxygen atoms in total. The number of carbonyl (C=O) groups is 4. The Morgan fingerprint density at radius 2 is 1.63 bits per heavy atom. The van der Waals surface area contributed by atoms with Crippen LogP contribution in [0.3, 0.4) is 0 Å². The Morgan fingerprint density at radius 3 is 2.31 bits per heavy atom. The predicted octanol–water partition coefficient (Wildman–Crippen LogP) is 2.77. The molecule has 0 bridgehead atoms. The van der Waals surface area contributed by atoms with Crippen molar-refractivity contribution >= 4 is 23.6 Å². The molecular formula is C26H28N2O7. The molecule has 1 aliphatic carbocycles. The van der Waals surface area contributed by atoms with Crippen LogP contribution in [-0.2, 0) is 19.1 Å². The largest absolute Gasteiger partial charge is 0.486 e. The number of Topliss-reactive ketones (excluding diaryl/α,β-unsaturated/α-hetero) is 1. The van der Waals surface area contributed by atoms with Crippen molar-refractivity contribution in [2.24, 2.45) is 11.8 Å². The normalized spacial score (nSPS) is 21.1. The van der Waals surface area contributed by atoms with Crippen molar-refractivity contribution in [3.63, 3.8) is 0 Å². The van der Waals surface area contributed by atoms with Crippen LogP contribution in [0, 0.1) is 25.7 Å². The number of likely N-dealkylation sites (tertiary alicyclic amines) is 1. The molecule has 9 heteroatoms. The maximum absolute atomic E-state index is 12.9. The topological polar surface area (TPSA) is 104 Å². The quantitative estimate of drug-likeness (QED) is 0.356. The second-order valence-corrected chi connectivity index (χ2v) is 9.29. The van der Waals surface area contributed by atoms with Crippen molar-refractivity contribution in [1.82, 2.24) is 9.47 Å². The molecule has 1 aromatic carbocycles. The number of ketones is 1. The molecule has 3 aliphatic rings. The first kappa shape index (κ1) is 23.1. The number of aromatic nitrogens is 1. The number of rotatable bonds is 6. The highest BCUT2D eigenvalue weighted by Crippen LogP contribution is 2.38. The van der Waals surface area contributed by atoms with Gasteiger partial charge in [-0.25, -0.2) is 0 Å². The number of aryl methyl sites for hydroxylation is 1. The van der Waals surface area contributed by atoms with Gasteiger partial charge in [0, 0.05) is 28.7 Å². The summed E-state index contributed by atoms with van der Waals surface area (Å²) in [6.07, 6.45) is 3.19. The first-order valence-electron chi connectivity index (χ1n) is 12.0. The summed E-state index contributed by atoms with van der Waals surface area (Å²) in [7, 11) is 0. The molecule has 2 fully saturated rings. The van der Waals surface area contributed by atoms with Crippen molar-refractivity contribution in [3.8, 4) is 17.2 Å². The maximum atomic E-state index is 12.9. The summed E-state index contributed by atoms with van der Waals surface area (Å²) >= 11 is 0. The zero-order chi connectivity index (χ0) is 24.7. The molecule has 2 atom stereocenters. The van der Waals surface area contributed by atoms with Crippen LogP contribution in [0.15, 0.2) is 24.3 Å². The second-order valence-electron chi connectivity index (χ2n) is 9.29. The minimum absolute atomic E-state index is 0.300. The average molecular weight is 481 g/mol. The lowest BCUT2D eigenvalue weighted by Gasteiger charge is -2.20. The first-order chi connectivity index (χ1) is 16.8. The van der Waals surface area contributed by atoms with Crippen molar-refractivity contribution in [2.75, 3.05) is 26.4 Å². The van der Waals surface area contributed by atoms with E-state index in [2.05, 4.69) is 0 Å². The van der Waals surface area contributed by atoms with Gasteiger partial charge in [-0.3, -0.25) is 24.1 Å². The average Bonchev–Trinajstić information content (AvgIpc) is 3.30. The third kappa shape index (κ3) is 4.19. The number of amides is 2. The fraction of sp³-hybridized carbons (Fsp3) is 0.462. The summed E-state index contributed by atoms with van der Waals surface area (Å²) in [5.41, 5.74) is 2.80. The Hall–Kier alpha value is -3.62. The molecule has 1 saturated heterocycles. The Labute approximate surface area is 202 Å². The molecule has 0 spiro atoms. The molecule has 1 saturated carbocycles. The molecule has 2 aromatic rings. The van der Waals surface area contributed by atoms with Gasteiger partial charge < -0.3 is 18.8 Å². The number of fused-ring (bicyclic) bond motifs is 2. The van der Waals surface area contributed by atoms with E-state index in [1.165, 1.54) is 0 Å². The van der Waals surface area contributed by atoms with Gasteiger partial charge in [0.1, 0.15) is 19.8 Å². The van der Waals surface area contributed by atoms with Gasteiger partial charge in [0.25, 0.3) is 0 Å². The number of carbonyl (C=O) groups excluding carboxylic acids is 4. The summed E-state index contributed by atoms with van der Waals surface area (Å²) in [5, 5.41) is 0. The Bertz CT molecular complexity index is 1190. The highest BCUT2D eigenvalue weighted by molar-refractivity contribution is 6.07. The lowest BCUT2D eigenvalue weighted by atomic mass is 9.81. The molecule has 0 N–H and O–H groups in total. The van der Waals surface area contributed by atoms with Crippen molar-refractivity contribution in [2.45, 2.75) is 39.5 Å². The fourth-order valence-corrected chi connectivity index (χ4v) is 5.40. The first-order valence-corrected chi connectivity index (χ1v) is 12.0. The van der Waals surface area contributed by atoms with Gasteiger partial charge in [-0.1, -0.05) is 12.8 Å². The SMILES string of the molecule is Cc1cc(C(=O)COC(=O)CN2C(=O)[C@@H]3CCCC[C@H]3C2=O)c(C)n1-c1ccc2c(c1)OCCO2. The predicted molar refractivity (Wildman–Crippen MR) is 124 cm³/mol. The van der Waals surface area contributed by atoms with E-state index in [-0.39, 0.29) is 29.4 Å². The van der Waals surface area contributed by atoms with E-state index < -0.39 is 19.1 Å². The van der Waals surface area contributed by atoms with E-state index >= 15 is 0 Å². The van der Waals surface area contributed by atoms with Crippen LogP contribution in [0.1, 0.15) is 47.4 Å². The molecule has 1 aromatic heterocycles. The van der Waals surface area contributed by atoms with Crippen LogP contribution in [-0.4, -0.2) is 59.4 Å². The van der Waals surface area contributed by atoms with E-state index in [4.69, 9.17) is 14.2 Å². The van der Waals surface area contributed by atoms with E-state index in [0.29, 0.717) is 48.8 Å². The number of benzene rings is 1. The van der Waals surface area contributed by atoms with Gasteiger partial charge in [-0.15, -0.1) is 0 Å². The molecule has 5 rings (SSSR count). The van der Waals surface area contributed by atoms with Crippen LogP contribution in [0.5, 0.6) is 11.5 Å². The second kappa shape index (κ2) is 9.20. The highest BCUT2D eigenvalue weighted by Gasteiger charge is 2.48. The number of hydrogen-bond acceptors (Lipinski definition) is 7. The monoisotopic (exact) mass is 480 g/mol. The summed E-state index contributed by atoms with van der Waals surface area (Å²) in [5.74, 6) is -1.04. The lowest BCUT2D eigenvalue weighted by molar-refractivity contribution is -0.152. The summed E-state index contributed by atoms with van der Waals surface area (Å²) in [6.45, 7) is 3.78. The molecule has 35 heavy (non-hydrogen) atoms. The molecule has 0 unspecified atom stereocenters. The van der Waals surface area contributed by atoms with E-state index in [0.717, 1.165) is 29.1 Å². The van der Waals surface area contributed by atoms with Gasteiger partial charge in [0.2, 0.25) is 17.6 Å². The number of nitrogens with zero attached hydrogens (tertiary/aromatic N) is 2. The van der Waals surface area contributed by atoms with Crippen LogP contribution < -0.4 is 9.47 Å². The van der Waals surface area contributed by atoms with Gasteiger partial charge >= 0.3 is 5.97 Å². The van der Waals surface area contributed by atoms with Gasteiger partial charge in [0.05, 0.1) is 11.8 Å². The summed E-state index contributed by atoms with van der Waals surface area (Å²) in [6, 6.07) is 7.34. The van der Waals surface area contributed by atoms with Gasteiger partial charge in [0.15, 0.2) is 18.1 Å². The Morgan fingerprint density at radius 1 is 0.971 bits per heavy atom. The minimum Gasteiger partial charge on any atom is -0.486 e. The smallest absolute Gasteiger partial charge is 0.326 e.